The lowest BCUT2D eigenvalue weighted by molar-refractivity contribution is -0.0246. The van der Waals surface area contributed by atoms with Gasteiger partial charge in [0, 0.05) is 5.25 Å². The molecule has 0 N–H and O–H groups in total. The smallest absolute Gasteiger partial charge is 0.00478 e. The molecule has 0 saturated heterocycles. The Balaban J connectivity index is 1.37. The van der Waals surface area contributed by atoms with Crippen molar-refractivity contribution >= 4 is 25.3 Å². The number of fused-ring (bicyclic) bond motifs is 5. The average molecular weight is 381 g/mol. The summed E-state index contributed by atoms with van der Waals surface area (Å²) in [5.41, 5.74) is 0. The first-order chi connectivity index (χ1) is 12.1. The zero-order valence-corrected chi connectivity index (χ0v) is 18.1. The first kappa shape index (κ1) is 19.0. The van der Waals surface area contributed by atoms with Crippen LogP contribution in [-0.2, 0) is 0 Å². The molecular formula is C23H40S2. The topological polar surface area (TPSA) is 0 Å². The molecule has 4 aliphatic rings. The van der Waals surface area contributed by atoms with Gasteiger partial charge in [-0.3, -0.25) is 0 Å². The minimum Gasteiger partial charge on any atom is -0.176 e. The second kappa shape index (κ2) is 8.38. The van der Waals surface area contributed by atoms with Gasteiger partial charge in [0.25, 0.3) is 0 Å². The van der Waals surface area contributed by atoms with Crippen LogP contribution in [0.2, 0.25) is 0 Å². The molecule has 0 spiro atoms. The van der Waals surface area contributed by atoms with Crippen molar-refractivity contribution in [1.29, 1.82) is 0 Å². The van der Waals surface area contributed by atoms with Crippen molar-refractivity contribution in [3.63, 3.8) is 0 Å². The van der Waals surface area contributed by atoms with Crippen molar-refractivity contribution in [3.05, 3.63) is 0 Å². The van der Waals surface area contributed by atoms with Crippen molar-refractivity contribution in [2.75, 3.05) is 0 Å². The van der Waals surface area contributed by atoms with Crippen LogP contribution in [0.25, 0.3) is 0 Å². The summed E-state index contributed by atoms with van der Waals surface area (Å²) in [4.78, 5) is 0. The van der Waals surface area contributed by atoms with E-state index in [0.717, 1.165) is 41.4 Å². The van der Waals surface area contributed by atoms with E-state index in [1.807, 2.05) is 0 Å². The molecule has 0 heterocycles. The maximum absolute atomic E-state index is 5.11. The molecule has 0 amide bonds. The van der Waals surface area contributed by atoms with Crippen molar-refractivity contribution in [1.82, 2.24) is 0 Å². The monoisotopic (exact) mass is 380 g/mol. The predicted octanol–water partition coefficient (Wildman–Crippen LogP) is 7.04. The van der Waals surface area contributed by atoms with Crippen molar-refractivity contribution in [2.45, 2.75) is 101 Å². The lowest BCUT2D eigenvalue weighted by atomic mass is 9.53. The lowest BCUT2D eigenvalue weighted by Crippen LogP contribution is -2.44. The second-order valence-corrected chi connectivity index (χ2v) is 11.7. The Morgan fingerprint density at radius 3 is 2.16 bits per heavy atom. The van der Waals surface area contributed by atoms with Crippen LogP contribution in [0.4, 0.5) is 0 Å². The Kier molecular flexibility index (Phi) is 6.38. The molecule has 25 heavy (non-hydrogen) atoms. The van der Waals surface area contributed by atoms with Crippen molar-refractivity contribution in [2.24, 2.45) is 41.4 Å². The third-order valence-corrected chi connectivity index (χ3v) is 9.77. The minimum absolute atomic E-state index is 0.554. The van der Waals surface area contributed by atoms with E-state index in [2.05, 4.69) is 19.6 Å². The van der Waals surface area contributed by atoms with E-state index in [9.17, 15) is 0 Å². The molecule has 4 fully saturated rings. The fourth-order valence-electron chi connectivity index (χ4n) is 7.85. The molecule has 0 radical (unpaired) electrons. The van der Waals surface area contributed by atoms with Crippen LogP contribution < -0.4 is 0 Å². The van der Waals surface area contributed by atoms with E-state index >= 15 is 0 Å². The predicted molar refractivity (Wildman–Crippen MR) is 116 cm³/mol. The van der Waals surface area contributed by atoms with Crippen LogP contribution in [0.15, 0.2) is 0 Å². The Morgan fingerprint density at radius 1 is 0.680 bits per heavy atom. The van der Waals surface area contributed by atoms with Gasteiger partial charge in [0.05, 0.1) is 0 Å². The van der Waals surface area contributed by atoms with Crippen LogP contribution in [-0.4, -0.2) is 10.5 Å². The fraction of sp³-hybridized carbons (Fsp3) is 1.00. The first-order valence-corrected chi connectivity index (χ1v) is 12.5. The van der Waals surface area contributed by atoms with Crippen molar-refractivity contribution < 1.29 is 0 Å². The summed E-state index contributed by atoms with van der Waals surface area (Å²) < 4.78 is 0. The maximum Gasteiger partial charge on any atom is 0.00478 e. The molecule has 0 aromatic carbocycles. The Bertz CT molecular complexity index is 434. The molecule has 0 bridgehead atoms. The van der Waals surface area contributed by atoms with E-state index in [4.69, 9.17) is 12.6 Å². The normalized spacial score (nSPS) is 46.0. The molecule has 9 unspecified atom stereocenters. The quantitative estimate of drug-likeness (QED) is 0.469. The number of rotatable bonds is 5. The van der Waals surface area contributed by atoms with Gasteiger partial charge in [-0.15, -0.1) is 0 Å². The van der Waals surface area contributed by atoms with Gasteiger partial charge < -0.3 is 0 Å². The molecule has 4 rings (SSSR count). The molecular weight excluding hydrogens is 340 g/mol. The van der Waals surface area contributed by atoms with E-state index in [1.54, 1.807) is 38.5 Å². The third-order valence-electron chi connectivity index (χ3n) is 8.87. The van der Waals surface area contributed by atoms with Gasteiger partial charge >= 0.3 is 0 Å². The van der Waals surface area contributed by atoms with E-state index < -0.39 is 0 Å². The van der Waals surface area contributed by atoms with Gasteiger partial charge in [-0.1, -0.05) is 32.6 Å². The standard InChI is InChI=1S/C23H40S2/c1-15(24)5-4-8-23(25)22-14-13-20-19-10-9-16-6-2-3-7-17(16)18(19)11-12-21(20)22/h15-25H,2-14H2,1H3. The number of thiol groups is 2. The highest BCUT2D eigenvalue weighted by molar-refractivity contribution is 7.81. The van der Waals surface area contributed by atoms with Gasteiger partial charge in [-0.25, -0.2) is 0 Å². The first-order valence-electron chi connectivity index (χ1n) is 11.5. The lowest BCUT2D eigenvalue weighted by Gasteiger charge is -2.52. The summed E-state index contributed by atoms with van der Waals surface area (Å²) >= 11 is 9.66. The highest BCUT2D eigenvalue weighted by atomic mass is 32.1. The number of hydrogen-bond acceptors (Lipinski definition) is 2. The van der Waals surface area contributed by atoms with Crippen LogP contribution in [0.3, 0.4) is 0 Å². The van der Waals surface area contributed by atoms with Gasteiger partial charge in [-0.05, 0) is 104 Å². The molecule has 0 nitrogen and oxygen atoms in total. The Morgan fingerprint density at radius 2 is 1.32 bits per heavy atom. The minimum atomic E-state index is 0.554. The molecule has 2 heteroatoms. The SMILES string of the molecule is CC(S)CCCC(S)C1CCC2C1CCC1C3CCCCC3CCC12. The summed E-state index contributed by atoms with van der Waals surface area (Å²) in [5, 5.41) is 1.21. The highest BCUT2D eigenvalue weighted by Gasteiger charge is 2.51. The summed E-state index contributed by atoms with van der Waals surface area (Å²) in [6, 6.07) is 0. The summed E-state index contributed by atoms with van der Waals surface area (Å²) in [7, 11) is 0. The molecule has 9 atom stereocenters. The highest BCUT2D eigenvalue weighted by Crippen LogP contribution is 2.60. The molecule has 0 aromatic heterocycles. The van der Waals surface area contributed by atoms with Gasteiger partial charge in [0.15, 0.2) is 0 Å². The third kappa shape index (κ3) is 3.96. The Labute approximate surface area is 167 Å². The second-order valence-electron chi connectivity index (χ2n) is 10.1. The zero-order valence-electron chi connectivity index (χ0n) is 16.3. The zero-order chi connectivity index (χ0) is 17.4. The van der Waals surface area contributed by atoms with Crippen LogP contribution >= 0.6 is 25.3 Å². The van der Waals surface area contributed by atoms with Crippen LogP contribution in [0, 0.1) is 41.4 Å². The van der Waals surface area contributed by atoms with E-state index in [-0.39, 0.29) is 0 Å². The summed E-state index contributed by atoms with van der Waals surface area (Å²) in [6.45, 7) is 2.23. The molecule has 144 valence electrons. The maximum atomic E-state index is 5.11. The molecule has 0 aromatic rings. The van der Waals surface area contributed by atoms with Gasteiger partial charge in [0.2, 0.25) is 0 Å². The number of hydrogen-bond donors (Lipinski definition) is 2. The van der Waals surface area contributed by atoms with E-state index in [0.29, 0.717) is 10.5 Å². The average Bonchev–Trinajstić information content (AvgIpc) is 3.05. The summed E-state index contributed by atoms with van der Waals surface area (Å²) in [5.74, 6) is 7.47. The van der Waals surface area contributed by atoms with Crippen LogP contribution in [0.5, 0.6) is 0 Å². The molecule has 4 aliphatic carbocycles. The Hall–Kier alpha value is 0.700. The largest absolute Gasteiger partial charge is 0.176 e. The molecule has 4 saturated carbocycles. The van der Waals surface area contributed by atoms with Crippen molar-refractivity contribution in [3.8, 4) is 0 Å². The van der Waals surface area contributed by atoms with Gasteiger partial charge in [-0.2, -0.15) is 25.3 Å². The summed E-state index contributed by atoms with van der Waals surface area (Å²) in [6.07, 6.45) is 19.4. The fourth-order valence-corrected chi connectivity index (χ4v) is 8.58. The van der Waals surface area contributed by atoms with Gasteiger partial charge in [0.1, 0.15) is 0 Å². The van der Waals surface area contributed by atoms with Crippen LogP contribution in [0.1, 0.15) is 90.4 Å². The molecule has 0 aliphatic heterocycles. The van der Waals surface area contributed by atoms with E-state index in [1.165, 1.54) is 44.9 Å².